The van der Waals surface area contributed by atoms with Crippen LogP contribution in [-0.4, -0.2) is 76.2 Å². The van der Waals surface area contributed by atoms with Crippen LogP contribution in [-0.2, 0) is 13.9 Å². The van der Waals surface area contributed by atoms with E-state index in [2.05, 4.69) is 0 Å². The lowest BCUT2D eigenvalue weighted by Crippen LogP contribution is -2.63. The number of aliphatic hydroxyl groups excluding tert-OH is 2. The van der Waals surface area contributed by atoms with E-state index >= 15 is 0 Å². The zero-order valence-electron chi connectivity index (χ0n) is 23.0. The smallest absolute Gasteiger partial charge is 0.390 e. The summed E-state index contributed by atoms with van der Waals surface area (Å²) in [6.45, 7) is 8.42. The van der Waals surface area contributed by atoms with Gasteiger partial charge in [-0.25, -0.2) is 4.57 Å². The Morgan fingerprint density at radius 1 is 1.08 bits per heavy atom. The number of hydrogen-bond donors (Lipinski definition) is 7. The minimum absolute atomic E-state index is 0.0175. The molecule has 3 saturated carbocycles. The lowest BCUT2D eigenvalue weighted by molar-refractivity contribution is -0.175. The molecular weight excluding hydrogens is 515 g/mol. The van der Waals surface area contributed by atoms with Gasteiger partial charge in [0.25, 0.3) is 0 Å². The van der Waals surface area contributed by atoms with Crippen LogP contribution in [0.4, 0.5) is 0 Å². The normalized spacial score (nSPS) is 43.9. The van der Waals surface area contributed by atoms with E-state index in [0.29, 0.717) is 24.8 Å². The van der Waals surface area contributed by atoms with Gasteiger partial charge in [0, 0.05) is 11.3 Å². The van der Waals surface area contributed by atoms with Crippen molar-refractivity contribution in [3.63, 3.8) is 0 Å². The largest absolute Gasteiger partial charge is 0.469 e. The van der Waals surface area contributed by atoms with Crippen molar-refractivity contribution in [1.29, 1.82) is 0 Å². The quantitative estimate of drug-likeness (QED) is 0.227. The third kappa shape index (κ3) is 4.88. The molecule has 11 heteroatoms. The highest BCUT2D eigenvalue weighted by atomic mass is 31.2. The van der Waals surface area contributed by atoms with Gasteiger partial charge in [-0.15, -0.1) is 0 Å². The summed E-state index contributed by atoms with van der Waals surface area (Å²) in [4.78, 5) is 32.6. The number of aliphatic hydroxyl groups is 5. The van der Waals surface area contributed by atoms with Crippen LogP contribution in [0.25, 0.3) is 0 Å². The highest BCUT2D eigenvalue weighted by molar-refractivity contribution is 7.46. The van der Waals surface area contributed by atoms with Gasteiger partial charge < -0.3 is 35.3 Å². The number of hydrogen-bond acceptors (Lipinski definition) is 8. The second-order valence-corrected chi connectivity index (χ2v) is 14.9. The molecule has 0 saturated heterocycles. The van der Waals surface area contributed by atoms with E-state index in [0.717, 1.165) is 0 Å². The van der Waals surface area contributed by atoms with Gasteiger partial charge >= 0.3 is 7.82 Å². The Hall–Kier alpha value is -0.680. The summed E-state index contributed by atoms with van der Waals surface area (Å²) >= 11 is 0. The van der Waals surface area contributed by atoms with Crippen molar-refractivity contribution in [2.45, 2.75) is 121 Å². The predicted molar refractivity (Wildman–Crippen MR) is 138 cm³/mol. The average molecular weight is 561 g/mol. The van der Waals surface area contributed by atoms with Crippen molar-refractivity contribution in [3.05, 3.63) is 11.6 Å². The van der Waals surface area contributed by atoms with Crippen LogP contribution in [0, 0.1) is 28.6 Å². The molecule has 0 aromatic rings. The maximum absolute atomic E-state index is 13.3. The summed E-state index contributed by atoms with van der Waals surface area (Å²) in [7, 11) is -4.99. The van der Waals surface area contributed by atoms with Crippen molar-refractivity contribution in [2.24, 2.45) is 28.6 Å². The fraction of sp³-hybridized carbons (Fsp3) is 0.889. The number of carbonyl (C=O) groups is 1. The standard InChI is InChI=1S/C27H45O10P/c1-23(2,31)9-8-22(37-38(34,35)36)26(5,32)21-7-11-27(33)16-12-18(28)17-13-19(29)20(30)14-24(17,3)15(16)6-10-25(21,27)4/h12,15,17,19-22,29-33H,6-11,13-14H2,1-5H3,(H2,34,35,36)/t15-,17-,19+,20-,21-,22?,24+,25+,26?,27+/m0/s1. The lowest BCUT2D eigenvalue weighted by atomic mass is 9.45. The van der Waals surface area contributed by atoms with Crippen molar-refractivity contribution in [3.8, 4) is 0 Å². The Kier molecular flexibility index (Phi) is 7.51. The molecule has 0 amide bonds. The molecule has 38 heavy (non-hydrogen) atoms. The van der Waals surface area contributed by atoms with E-state index < -0.39 is 65.6 Å². The molecule has 7 N–H and O–H groups in total. The van der Waals surface area contributed by atoms with Crippen LogP contribution in [0.2, 0.25) is 0 Å². The second-order valence-electron chi connectivity index (χ2n) is 13.8. The molecule has 2 unspecified atom stereocenters. The second kappa shape index (κ2) is 9.43. The molecule has 10 nitrogen and oxygen atoms in total. The lowest BCUT2D eigenvalue weighted by Gasteiger charge is -2.60. The Morgan fingerprint density at radius 2 is 1.71 bits per heavy atom. The molecule has 3 fully saturated rings. The number of rotatable bonds is 7. The summed E-state index contributed by atoms with van der Waals surface area (Å²) in [5.74, 6) is -1.44. The zero-order valence-corrected chi connectivity index (χ0v) is 23.9. The van der Waals surface area contributed by atoms with Gasteiger partial charge in [-0.3, -0.25) is 9.32 Å². The minimum Gasteiger partial charge on any atom is -0.390 e. The molecule has 0 spiro atoms. The summed E-state index contributed by atoms with van der Waals surface area (Å²) in [5.41, 5.74) is -5.33. The first kappa shape index (κ1) is 30.3. The summed E-state index contributed by atoms with van der Waals surface area (Å²) in [5, 5.41) is 55.2. The van der Waals surface area contributed by atoms with Crippen LogP contribution in [0.15, 0.2) is 11.6 Å². The van der Waals surface area contributed by atoms with E-state index in [-0.39, 0.29) is 43.8 Å². The molecule has 218 valence electrons. The Balaban J connectivity index is 1.70. The fourth-order valence-corrected chi connectivity index (χ4v) is 9.28. The van der Waals surface area contributed by atoms with Gasteiger partial charge in [-0.05, 0) is 101 Å². The van der Waals surface area contributed by atoms with Crippen molar-refractivity contribution in [1.82, 2.24) is 0 Å². The number of ketones is 1. The van der Waals surface area contributed by atoms with E-state index in [1.807, 2.05) is 13.8 Å². The third-order valence-electron chi connectivity index (χ3n) is 10.8. The van der Waals surface area contributed by atoms with Crippen LogP contribution < -0.4 is 0 Å². The number of fused-ring (bicyclic) bond motifs is 5. The molecule has 0 aromatic heterocycles. The van der Waals surface area contributed by atoms with Gasteiger partial charge in [-0.1, -0.05) is 13.8 Å². The summed E-state index contributed by atoms with van der Waals surface area (Å²) < 4.78 is 17.0. The minimum atomic E-state index is -4.99. The molecule has 0 aromatic carbocycles. The average Bonchev–Trinajstić information content (AvgIpc) is 3.04. The van der Waals surface area contributed by atoms with Crippen LogP contribution in [0.1, 0.15) is 86.0 Å². The van der Waals surface area contributed by atoms with E-state index in [9.17, 15) is 44.7 Å². The van der Waals surface area contributed by atoms with E-state index in [1.165, 1.54) is 13.0 Å². The van der Waals surface area contributed by atoms with Gasteiger partial charge in [0.2, 0.25) is 0 Å². The van der Waals surface area contributed by atoms with E-state index in [4.69, 9.17) is 4.52 Å². The highest BCUT2D eigenvalue weighted by Gasteiger charge is 2.69. The van der Waals surface area contributed by atoms with Crippen LogP contribution >= 0.6 is 7.82 Å². The van der Waals surface area contributed by atoms with Crippen molar-refractivity contribution >= 4 is 13.6 Å². The molecule has 0 aliphatic heterocycles. The molecule has 4 aliphatic carbocycles. The third-order valence-corrected chi connectivity index (χ3v) is 11.3. The van der Waals surface area contributed by atoms with Crippen molar-refractivity contribution in [2.75, 3.05) is 0 Å². The Bertz CT molecular complexity index is 1030. The maximum Gasteiger partial charge on any atom is 0.469 e. The number of phosphoric acid groups is 1. The predicted octanol–water partition coefficient (Wildman–Crippen LogP) is 1.97. The SMILES string of the molecule is CC(C)(O)CCC(OP(=O)(O)O)C(C)(O)[C@H]1CC[C@@]2(O)C3=CC(=O)[C@@H]4C[C@@H](O)[C@@H](O)C[C@]4(C)[C@H]3CC[C@]12C. The van der Waals surface area contributed by atoms with Gasteiger partial charge in [0.05, 0.1) is 35.1 Å². The van der Waals surface area contributed by atoms with Gasteiger partial charge in [0.1, 0.15) is 0 Å². The summed E-state index contributed by atoms with van der Waals surface area (Å²) in [6, 6.07) is 0. The maximum atomic E-state index is 13.3. The Labute approximate surface area is 224 Å². The topological polar surface area (TPSA) is 185 Å². The first-order valence-corrected chi connectivity index (χ1v) is 15.2. The number of allylic oxidation sites excluding steroid dienone is 1. The molecule has 4 aliphatic rings. The van der Waals surface area contributed by atoms with Gasteiger partial charge in [0.15, 0.2) is 5.78 Å². The number of phosphoric ester groups is 1. The highest BCUT2D eigenvalue weighted by Crippen LogP contribution is 2.69. The first-order chi connectivity index (χ1) is 17.2. The zero-order chi connectivity index (χ0) is 28.7. The molecule has 4 rings (SSSR count). The van der Waals surface area contributed by atoms with Crippen LogP contribution in [0.3, 0.4) is 0 Å². The fourth-order valence-electron chi connectivity index (χ4n) is 8.63. The molecule has 10 atom stereocenters. The first-order valence-electron chi connectivity index (χ1n) is 13.7. The van der Waals surface area contributed by atoms with Crippen LogP contribution in [0.5, 0.6) is 0 Å². The number of carbonyl (C=O) groups excluding carboxylic acids is 1. The Morgan fingerprint density at radius 3 is 2.29 bits per heavy atom. The van der Waals surface area contributed by atoms with Gasteiger partial charge in [-0.2, -0.15) is 0 Å². The molecule has 0 bridgehead atoms. The molecule has 0 heterocycles. The van der Waals surface area contributed by atoms with Crippen molar-refractivity contribution < 1.29 is 49.2 Å². The summed E-state index contributed by atoms with van der Waals surface area (Å²) in [6.07, 6.45) is 0.473. The monoisotopic (exact) mass is 560 g/mol. The molecular formula is C27H45O10P. The van der Waals surface area contributed by atoms with E-state index in [1.54, 1.807) is 13.8 Å². The molecule has 0 radical (unpaired) electrons.